The lowest BCUT2D eigenvalue weighted by molar-refractivity contribution is 0.563. The van der Waals surface area contributed by atoms with E-state index in [4.69, 9.17) is 11.6 Å². The topological polar surface area (TPSA) is 78.1 Å². The van der Waals surface area contributed by atoms with E-state index >= 15 is 0 Å². The van der Waals surface area contributed by atoms with E-state index in [1.165, 1.54) is 19.1 Å². The number of aromatic nitrogens is 2. The van der Waals surface area contributed by atoms with Crippen LogP contribution >= 0.6 is 11.6 Å². The van der Waals surface area contributed by atoms with Gasteiger partial charge < -0.3 is 0 Å². The minimum absolute atomic E-state index is 0.00728. The molecular formula is C15H17ClN2O4S. The van der Waals surface area contributed by atoms with Crippen LogP contribution < -0.4 is 11.2 Å². The van der Waals surface area contributed by atoms with Crippen LogP contribution in [0.15, 0.2) is 44.9 Å². The molecule has 124 valence electrons. The highest BCUT2D eigenvalue weighted by atomic mass is 35.5. The van der Waals surface area contributed by atoms with Gasteiger partial charge in [-0.2, -0.15) is 3.97 Å². The van der Waals surface area contributed by atoms with Gasteiger partial charge in [0.2, 0.25) is 0 Å². The fourth-order valence-electron chi connectivity index (χ4n) is 2.12. The van der Waals surface area contributed by atoms with Crippen LogP contribution in [0.25, 0.3) is 0 Å². The van der Waals surface area contributed by atoms with Gasteiger partial charge in [-0.15, -0.1) is 11.6 Å². The summed E-state index contributed by atoms with van der Waals surface area (Å²) in [7, 11) is -4.06. The standard InChI is InChI=1S/C15H17ClN2O4S/c1-11-4-6-13(7-5-11)23(21,22)18-10-12(2)14(19)17(15(18)20)9-3-8-16/h4-7,10H,3,8-9H2,1-2H3. The van der Waals surface area contributed by atoms with E-state index in [1.807, 2.05) is 6.92 Å². The molecule has 0 N–H and O–H groups in total. The summed E-state index contributed by atoms with van der Waals surface area (Å²) in [4.78, 5) is 24.5. The van der Waals surface area contributed by atoms with E-state index in [2.05, 4.69) is 0 Å². The zero-order chi connectivity index (χ0) is 17.2. The quantitative estimate of drug-likeness (QED) is 0.760. The third kappa shape index (κ3) is 3.40. The monoisotopic (exact) mass is 356 g/mol. The number of aryl methyl sites for hydroxylation is 2. The highest BCUT2D eigenvalue weighted by molar-refractivity contribution is 7.90. The van der Waals surface area contributed by atoms with E-state index in [1.54, 1.807) is 12.1 Å². The molecule has 2 rings (SSSR count). The lowest BCUT2D eigenvalue weighted by Gasteiger charge is -2.12. The minimum Gasteiger partial charge on any atom is -0.269 e. The molecule has 0 radical (unpaired) electrons. The summed E-state index contributed by atoms with van der Waals surface area (Å²) in [6.07, 6.45) is 1.46. The maximum absolute atomic E-state index is 12.7. The van der Waals surface area contributed by atoms with Gasteiger partial charge in [-0.25, -0.2) is 13.2 Å². The van der Waals surface area contributed by atoms with Crippen molar-refractivity contribution < 1.29 is 8.42 Å². The van der Waals surface area contributed by atoms with Crippen molar-refractivity contribution in [2.45, 2.75) is 31.7 Å². The summed E-state index contributed by atoms with van der Waals surface area (Å²) in [6.45, 7) is 3.38. The fraction of sp³-hybridized carbons (Fsp3) is 0.333. The first-order valence-corrected chi connectivity index (χ1v) is 8.98. The molecule has 0 spiro atoms. The zero-order valence-electron chi connectivity index (χ0n) is 12.8. The molecule has 0 unspecified atom stereocenters. The second kappa shape index (κ2) is 6.72. The Morgan fingerprint density at radius 3 is 2.26 bits per heavy atom. The first kappa shape index (κ1) is 17.5. The third-order valence-corrected chi connectivity index (χ3v) is 5.32. The van der Waals surface area contributed by atoms with Gasteiger partial charge in [-0.1, -0.05) is 17.7 Å². The van der Waals surface area contributed by atoms with Crippen LogP contribution in [0.2, 0.25) is 0 Å². The van der Waals surface area contributed by atoms with Crippen LogP contribution in [0.4, 0.5) is 0 Å². The lowest BCUT2D eigenvalue weighted by atomic mass is 10.2. The molecule has 0 amide bonds. The second-order valence-corrected chi connectivity index (χ2v) is 7.40. The van der Waals surface area contributed by atoms with Crippen LogP contribution in [0.1, 0.15) is 17.5 Å². The Kier molecular flexibility index (Phi) is 5.11. The SMILES string of the molecule is Cc1ccc(S(=O)(=O)n2cc(C)c(=O)n(CCCCl)c2=O)cc1. The molecule has 1 aromatic heterocycles. The van der Waals surface area contributed by atoms with Crippen molar-refractivity contribution in [2.75, 3.05) is 5.88 Å². The van der Waals surface area contributed by atoms with Gasteiger partial charge in [0.25, 0.3) is 15.6 Å². The van der Waals surface area contributed by atoms with Gasteiger partial charge in [0.05, 0.1) is 4.90 Å². The van der Waals surface area contributed by atoms with Crippen LogP contribution in [0.5, 0.6) is 0 Å². The highest BCUT2D eigenvalue weighted by Gasteiger charge is 2.21. The lowest BCUT2D eigenvalue weighted by Crippen LogP contribution is -2.43. The third-order valence-electron chi connectivity index (χ3n) is 3.41. The Hall–Kier alpha value is -1.86. The summed E-state index contributed by atoms with van der Waals surface area (Å²) < 4.78 is 26.9. The highest BCUT2D eigenvalue weighted by Crippen LogP contribution is 2.12. The number of hydrogen-bond acceptors (Lipinski definition) is 4. The number of alkyl halides is 1. The van der Waals surface area contributed by atoms with Gasteiger partial charge in [-0.05, 0) is 32.4 Å². The summed E-state index contributed by atoms with van der Waals surface area (Å²) >= 11 is 5.59. The number of benzene rings is 1. The fourth-order valence-corrected chi connectivity index (χ4v) is 3.54. The molecular weight excluding hydrogens is 340 g/mol. The first-order valence-electron chi connectivity index (χ1n) is 7.00. The normalized spacial score (nSPS) is 11.6. The predicted molar refractivity (Wildman–Crippen MR) is 88.8 cm³/mol. The van der Waals surface area contributed by atoms with E-state index in [0.717, 1.165) is 16.3 Å². The smallest absolute Gasteiger partial charge is 0.269 e. The second-order valence-electron chi connectivity index (χ2n) is 5.21. The molecule has 6 nitrogen and oxygen atoms in total. The molecule has 1 heterocycles. The molecule has 0 aliphatic heterocycles. The maximum atomic E-state index is 12.7. The van der Waals surface area contributed by atoms with Crippen molar-refractivity contribution in [2.24, 2.45) is 0 Å². The Morgan fingerprint density at radius 2 is 1.70 bits per heavy atom. The Balaban J connectivity index is 2.68. The Morgan fingerprint density at radius 1 is 1.09 bits per heavy atom. The van der Waals surface area contributed by atoms with Crippen LogP contribution in [-0.4, -0.2) is 22.8 Å². The molecule has 0 saturated carbocycles. The molecule has 0 aliphatic rings. The predicted octanol–water partition coefficient (Wildman–Crippen LogP) is 1.49. The Labute approximate surface area is 139 Å². The van der Waals surface area contributed by atoms with Crippen molar-refractivity contribution in [3.8, 4) is 0 Å². The van der Waals surface area contributed by atoms with Gasteiger partial charge in [0.15, 0.2) is 0 Å². The summed E-state index contributed by atoms with van der Waals surface area (Å²) in [5.41, 5.74) is -0.309. The van der Waals surface area contributed by atoms with Crippen LogP contribution in [-0.2, 0) is 16.6 Å². The van der Waals surface area contributed by atoms with Gasteiger partial charge >= 0.3 is 5.69 Å². The van der Waals surface area contributed by atoms with Crippen molar-refractivity contribution >= 4 is 21.6 Å². The maximum Gasteiger partial charge on any atom is 0.345 e. The van der Waals surface area contributed by atoms with Gasteiger partial charge in [-0.3, -0.25) is 9.36 Å². The molecule has 0 fully saturated rings. The summed E-state index contributed by atoms with van der Waals surface area (Å²) in [5.74, 6) is 0.268. The van der Waals surface area contributed by atoms with E-state index < -0.39 is 21.3 Å². The van der Waals surface area contributed by atoms with Crippen LogP contribution in [0, 0.1) is 13.8 Å². The average molecular weight is 357 g/mol. The van der Waals surface area contributed by atoms with Crippen molar-refractivity contribution in [1.29, 1.82) is 0 Å². The largest absolute Gasteiger partial charge is 0.345 e. The number of rotatable bonds is 5. The van der Waals surface area contributed by atoms with Gasteiger partial charge in [0.1, 0.15) is 0 Å². The van der Waals surface area contributed by atoms with E-state index in [9.17, 15) is 18.0 Å². The number of hydrogen-bond donors (Lipinski definition) is 0. The number of halogens is 1. The van der Waals surface area contributed by atoms with Crippen molar-refractivity contribution in [3.05, 3.63) is 62.4 Å². The van der Waals surface area contributed by atoms with Crippen molar-refractivity contribution in [3.63, 3.8) is 0 Å². The van der Waals surface area contributed by atoms with E-state index in [0.29, 0.717) is 10.4 Å². The van der Waals surface area contributed by atoms with Crippen LogP contribution in [0.3, 0.4) is 0 Å². The molecule has 23 heavy (non-hydrogen) atoms. The summed E-state index contributed by atoms with van der Waals surface area (Å²) in [5, 5.41) is 0. The average Bonchev–Trinajstić information content (AvgIpc) is 2.51. The van der Waals surface area contributed by atoms with Crippen molar-refractivity contribution in [1.82, 2.24) is 8.54 Å². The summed E-state index contributed by atoms with van der Waals surface area (Å²) in [6, 6.07) is 6.16. The number of nitrogens with zero attached hydrogens (tertiary/aromatic N) is 2. The molecule has 0 atom stereocenters. The minimum atomic E-state index is -4.06. The molecule has 1 aromatic carbocycles. The Bertz CT molecular complexity index is 927. The molecule has 2 aromatic rings. The molecule has 0 bridgehead atoms. The molecule has 0 saturated heterocycles. The molecule has 0 aliphatic carbocycles. The van der Waals surface area contributed by atoms with Gasteiger partial charge in [0, 0.05) is 24.2 Å². The first-order chi connectivity index (χ1) is 10.8. The van der Waals surface area contributed by atoms with E-state index in [-0.39, 0.29) is 22.9 Å². The molecule has 8 heteroatoms. The zero-order valence-corrected chi connectivity index (χ0v) is 14.4.